The summed E-state index contributed by atoms with van der Waals surface area (Å²) in [4.78, 5) is 24.9. The summed E-state index contributed by atoms with van der Waals surface area (Å²) in [6.45, 7) is 18.2. The van der Waals surface area contributed by atoms with Gasteiger partial charge in [0.2, 0.25) is 0 Å². The van der Waals surface area contributed by atoms with Gasteiger partial charge in [0.05, 0.1) is 11.8 Å². The highest BCUT2D eigenvalue weighted by atomic mass is 16.6. The summed E-state index contributed by atoms with van der Waals surface area (Å²) in [5.41, 5.74) is -1.73. The second-order valence-corrected chi connectivity index (χ2v) is 9.21. The Balaban J connectivity index is 3.09. The van der Waals surface area contributed by atoms with Gasteiger partial charge in [-0.25, -0.2) is 0 Å². The lowest BCUT2D eigenvalue weighted by Gasteiger charge is -2.43. The number of hydrogen-bond acceptors (Lipinski definition) is 4. The molecule has 0 aromatic heterocycles. The summed E-state index contributed by atoms with van der Waals surface area (Å²) < 4.78 is 11.4. The average Bonchev–Trinajstić information content (AvgIpc) is 2.61. The summed E-state index contributed by atoms with van der Waals surface area (Å²) in [6.07, 6.45) is 0.484. The molecule has 1 rings (SSSR count). The topological polar surface area (TPSA) is 52.6 Å². The molecule has 1 saturated heterocycles. The zero-order chi connectivity index (χ0) is 18.2. The highest BCUT2D eigenvalue weighted by Crippen LogP contribution is 2.46. The number of hydrogen-bond donors (Lipinski definition) is 0. The molecule has 0 N–H and O–H groups in total. The molecule has 3 atom stereocenters. The quantitative estimate of drug-likeness (QED) is 0.704. The predicted octanol–water partition coefficient (Wildman–Crippen LogP) is 4.36. The Labute approximate surface area is 141 Å². The fourth-order valence-electron chi connectivity index (χ4n) is 3.47. The summed E-state index contributed by atoms with van der Waals surface area (Å²) in [5, 5.41) is 0. The van der Waals surface area contributed by atoms with Gasteiger partial charge in [-0.1, -0.05) is 48.5 Å². The average molecular weight is 326 g/mol. The predicted molar refractivity (Wildman–Crippen MR) is 90.8 cm³/mol. The molecular formula is C19H34O4. The number of carbonyl (C=O) groups is 2. The van der Waals surface area contributed by atoms with Gasteiger partial charge in [0.25, 0.3) is 0 Å². The molecule has 0 saturated carbocycles. The molecule has 3 unspecified atom stereocenters. The maximum atomic E-state index is 13.1. The Hall–Kier alpha value is -1.06. The number of rotatable bonds is 5. The molecule has 1 aliphatic rings. The van der Waals surface area contributed by atoms with E-state index in [1.807, 2.05) is 27.7 Å². The van der Waals surface area contributed by atoms with Crippen LogP contribution in [-0.4, -0.2) is 23.6 Å². The van der Waals surface area contributed by atoms with Gasteiger partial charge in [0.1, 0.15) is 6.10 Å². The molecule has 1 aliphatic heterocycles. The monoisotopic (exact) mass is 326 g/mol. The van der Waals surface area contributed by atoms with E-state index in [-0.39, 0.29) is 35.8 Å². The van der Waals surface area contributed by atoms with E-state index < -0.39 is 11.0 Å². The van der Waals surface area contributed by atoms with Crippen LogP contribution in [0.3, 0.4) is 0 Å². The lowest BCUT2D eigenvalue weighted by Crippen LogP contribution is -2.50. The molecule has 0 amide bonds. The number of ether oxygens (including phenoxy) is 2. The van der Waals surface area contributed by atoms with Crippen LogP contribution >= 0.6 is 0 Å². The molecule has 1 heterocycles. The van der Waals surface area contributed by atoms with E-state index in [1.54, 1.807) is 0 Å². The van der Waals surface area contributed by atoms with Crippen molar-refractivity contribution in [1.29, 1.82) is 0 Å². The Morgan fingerprint density at radius 3 is 2.17 bits per heavy atom. The van der Waals surface area contributed by atoms with E-state index in [0.29, 0.717) is 5.92 Å². The molecule has 1 fully saturated rings. The van der Waals surface area contributed by atoms with Crippen LogP contribution < -0.4 is 0 Å². The largest absolute Gasteiger partial charge is 0.458 e. The van der Waals surface area contributed by atoms with E-state index in [9.17, 15) is 9.59 Å². The Morgan fingerprint density at radius 1 is 1.26 bits per heavy atom. The fraction of sp³-hybridized carbons (Fsp3) is 0.895. The molecule has 0 aromatic rings. The van der Waals surface area contributed by atoms with Crippen molar-refractivity contribution in [1.82, 2.24) is 0 Å². The first kappa shape index (κ1) is 20.0. The molecule has 4 heteroatoms. The Bertz CT molecular complexity index is 460. The minimum Gasteiger partial charge on any atom is -0.458 e. The van der Waals surface area contributed by atoms with Crippen molar-refractivity contribution in [2.45, 2.75) is 86.9 Å². The van der Waals surface area contributed by atoms with Crippen molar-refractivity contribution in [3.8, 4) is 0 Å². The maximum absolute atomic E-state index is 13.1. The molecular weight excluding hydrogens is 292 g/mol. The van der Waals surface area contributed by atoms with Gasteiger partial charge in [-0.15, -0.1) is 0 Å². The standard InChI is InChI=1S/C19H34O4/c1-12(2)10-18(8,17(5,6)7)16(21)23-19(9)11-14(20)22-15(19)13(3)4/h12-13,15H,10-11H2,1-9H3. The lowest BCUT2D eigenvalue weighted by atomic mass is 9.64. The van der Waals surface area contributed by atoms with Crippen molar-refractivity contribution in [3.05, 3.63) is 0 Å². The minimum absolute atomic E-state index is 0.102. The van der Waals surface area contributed by atoms with E-state index in [0.717, 1.165) is 6.42 Å². The number of carbonyl (C=O) groups excluding carboxylic acids is 2. The van der Waals surface area contributed by atoms with Crippen molar-refractivity contribution in [3.63, 3.8) is 0 Å². The highest BCUT2D eigenvalue weighted by molar-refractivity contribution is 5.80. The minimum atomic E-state index is -0.883. The van der Waals surface area contributed by atoms with Crippen molar-refractivity contribution >= 4 is 11.9 Å². The van der Waals surface area contributed by atoms with Gasteiger partial charge >= 0.3 is 11.9 Å². The SMILES string of the molecule is CC(C)CC(C)(C(=O)OC1(C)CC(=O)OC1C(C)C)C(C)(C)C. The van der Waals surface area contributed by atoms with E-state index in [1.165, 1.54) is 0 Å². The van der Waals surface area contributed by atoms with Crippen LogP contribution in [0.2, 0.25) is 0 Å². The Morgan fingerprint density at radius 2 is 1.78 bits per heavy atom. The first-order chi connectivity index (χ1) is 10.2. The van der Waals surface area contributed by atoms with Gasteiger partial charge in [-0.3, -0.25) is 9.59 Å². The molecule has 4 nitrogen and oxygen atoms in total. The Kier molecular flexibility index (Phi) is 5.60. The van der Waals surface area contributed by atoms with E-state index >= 15 is 0 Å². The molecule has 23 heavy (non-hydrogen) atoms. The van der Waals surface area contributed by atoms with Crippen LogP contribution in [0.15, 0.2) is 0 Å². The molecule has 0 aliphatic carbocycles. The molecule has 0 aromatic carbocycles. The van der Waals surface area contributed by atoms with Crippen molar-refractivity contribution in [2.75, 3.05) is 0 Å². The zero-order valence-electron chi connectivity index (χ0n) is 16.3. The van der Waals surface area contributed by atoms with Crippen molar-refractivity contribution < 1.29 is 19.1 Å². The second-order valence-electron chi connectivity index (χ2n) is 9.21. The smallest absolute Gasteiger partial charge is 0.313 e. The third-order valence-corrected chi connectivity index (χ3v) is 5.21. The summed E-state index contributed by atoms with van der Waals surface area (Å²) in [6, 6.07) is 0. The second kappa shape index (κ2) is 6.45. The molecule has 134 valence electrons. The molecule has 0 spiro atoms. The fourth-order valence-corrected chi connectivity index (χ4v) is 3.47. The van der Waals surface area contributed by atoms with Crippen LogP contribution in [0.5, 0.6) is 0 Å². The lowest BCUT2D eigenvalue weighted by molar-refractivity contribution is -0.186. The van der Waals surface area contributed by atoms with Gasteiger partial charge in [0.15, 0.2) is 5.60 Å². The van der Waals surface area contributed by atoms with Gasteiger partial charge < -0.3 is 9.47 Å². The number of esters is 2. The van der Waals surface area contributed by atoms with E-state index in [4.69, 9.17) is 9.47 Å². The number of cyclic esters (lactones) is 1. The van der Waals surface area contributed by atoms with Crippen LogP contribution in [0.4, 0.5) is 0 Å². The van der Waals surface area contributed by atoms with Gasteiger partial charge in [-0.05, 0) is 37.5 Å². The molecule has 0 radical (unpaired) electrons. The highest BCUT2D eigenvalue weighted by Gasteiger charge is 2.54. The van der Waals surface area contributed by atoms with Crippen LogP contribution in [0.25, 0.3) is 0 Å². The first-order valence-electron chi connectivity index (χ1n) is 8.66. The summed E-state index contributed by atoms with van der Waals surface area (Å²) in [5.74, 6) is -0.0438. The van der Waals surface area contributed by atoms with E-state index in [2.05, 4.69) is 34.6 Å². The van der Waals surface area contributed by atoms with Crippen LogP contribution in [-0.2, 0) is 19.1 Å². The third kappa shape index (κ3) is 4.07. The normalized spacial score (nSPS) is 28.0. The first-order valence-corrected chi connectivity index (χ1v) is 8.66. The van der Waals surface area contributed by atoms with Gasteiger partial charge in [0, 0.05) is 0 Å². The van der Waals surface area contributed by atoms with Crippen LogP contribution in [0, 0.1) is 22.7 Å². The summed E-state index contributed by atoms with van der Waals surface area (Å²) >= 11 is 0. The zero-order valence-corrected chi connectivity index (χ0v) is 16.3. The summed E-state index contributed by atoms with van der Waals surface area (Å²) in [7, 11) is 0. The third-order valence-electron chi connectivity index (χ3n) is 5.21. The van der Waals surface area contributed by atoms with Gasteiger partial charge in [-0.2, -0.15) is 0 Å². The maximum Gasteiger partial charge on any atom is 0.313 e. The van der Waals surface area contributed by atoms with Crippen molar-refractivity contribution in [2.24, 2.45) is 22.7 Å². The van der Waals surface area contributed by atoms with Crippen LogP contribution in [0.1, 0.15) is 75.2 Å². The molecule has 0 bridgehead atoms.